The number of likely N-dealkylation sites (N-methyl/N-ethyl adjacent to an activating group) is 1. The highest BCUT2D eigenvalue weighted by Crippen LogP contribution is 2.26. The van der Waals surface area contributed by atoms with Crippen molar-refractivity contribution in [2.45, 2.75) is 12.0 Å². The van der Waals surface area contributed by atoms with Gasteiger partial charge in [-0.05, 0) is 24.3 Å². The van der Waals surface area contributed by atoms with Crippen LogP contribution in [0.25, 0.3) is 0 Å². The number of thiocarbonyl (C=S) groups is 1. The topological polar surface area (TPSA) is 41.6 Å². The Morgan fingerprint density at radius 3 is 2.33 bits per heavy atom. The maximum atomic E-state index is 12.6. The summed E-state index contributed by atoms with van der Waals surface area (Å²) >= 11 is 5.73. The molecular weight excluding hydrogens is 320 g/mol. The number of amides is 1. The van der Waals surface area contributed by atoms with Crippen LogP contribution >= 0.6 is 12.2 Å². The van der Waals surface area contributed by atoms with Gasteiger partial charge in [-0.25, -0.2) is 0 Å². The Balaban J connectivity index is 1.83. The smallest absolute Gasteiger partial charge is 0.252 e. The fourth-order valence-corrected chi connectivity index (χ4v) is 3.17. The number of hydrogen-bond acceptors (Lipinski definition) is 3. The van der Waals surface area contributed by atoms with Crippen molar-refractivity contribution in [3.8, 4) is 0 Å². The normalized spacial score (nSPS) is 19.7. The molecule has 0 radical (unpaired) electrons. The molecule has 2 aromatic carbocycles. The first-order chi connectivity index (χ1) is 11.6. The molecule has 0 aromatic heterocycles. The molecule has 0 aliphatic carbocycles. The van der Waals surface area contributed by atoms with Crippen molar-refractivity contribution in [2.24, 2.45) is 0 Å². The lowest BCUT2D eigenvalue weighted by atomic mass is 9.96. The Kier molecular flexibility index (Phi) is 4.92. The van der Waals surface area contributed by atoms with Gasteiger partial charge in [-0.1, -0.05) is 48.6 Å². The van der Waals surface area contributed by atoms with Crippen LogP contribution in [0.3, 0.4) is 0 Å². The van der Waals surface area contributed by atoms with Crippen molar-refractivity contribution >= 4 is 28.8 Å². The van der Waals surface area contributed by atoms with Gasteiger partial charge in [-0.2, -0.15) is 0 Å². The van der Waals surface area contributed by atoms with E-state index in [0.29, 0.717) is 30.2 Å². The van der Waals surface area contributed by atoms with Gasteiger partial charge in [0.1, 0.15) is 10.5 Å². The van der Waals surface area contributed by atoms with Crippen LogP contribution in [0.4, 0.5) is 5.69 Å². The summed E-state index contributed by atoms with van der Waals surface area (Å²) in [6, 6.07) is 19.1. The van der Waals surface area contributed by atoms with Gasteiger partial charge >= 0.3 is 0 Å². The minimum absolute atomic E-state index is 0.134. The quantitative estimate of drug-likeness (QED) is 0.869. The second kappa shape index (κ2) is 7.11. The fraction of sp³-hybridized carbons (Fsp3) is 0.263. The second-order valence-corrected chi connectivity index (χ2v) is 6.29. The van der Waals surface area contributed by atoms with Crippen LogP contribution in [0, 0.1) is 0 Å². The zero-order chi connectivity index (χ0) is 17.0. The van der Waals surface area contributed by atoms with Crippen molar-refractivity contribution in [1.82, 2.24) is 5.32 Å². The van der Waals surface area contributed by atoms with Gasteiger partial charge in [0.25, 0.3) is 5.91 Å². The molecule has 1 saturated heterocycles. The van der Waals surface area contributed by atoms with Crippen LogP contribution < -0.4 is 10.2 Å². The number of hydrogen-bond donors (Lipinski definition) is 1. The van der Waals surface area contributed by atoms with E-state index in [2.05, 4.69) is 5.32 Å². The number of rotatable bonds is 4. The van der Waals surface area contributed by atoms with E-state index >= 15 is 0 Å². The molecule has 1 aliphatic heterocycles. The standard InChI is InChI=1S/C19H20N2O2S/c1-21(16-10-6-3-7-11-16)18(24)19(12-13-23-14-19)20-17(22)15-8-4-2-5-9-15/h2-11H,12-14H2,1H3,(H,20,22). The molecule has 0 bridgehead atoms. The summed E-state index contributed by atoms with van der Waals surface area (Å²) in [6.07, 6.45) is 0.668. The number of carbonyl (C=O) groups excluding carboxylic acids is 1. The number of ether oxygens (including phenoxy) is 1. The number of benzene rings is 2. The highest BCUT2D eigenvalue weighted by atomic mass is 32.1. The lowest BCUT2D eigenvalue weighted by molar-refractivity contribution is 0.0912. The average molecular weight is 340 g/mol. The Hall–Kier alpha value is -2.24. The molecule has 1 N–H and O–H groups in total. The predicted molar refractivity (Wildman–Crippen MR) is 99.5 cm³/mol. The minimum atomic E-state index is -0.660. The molecule has 2 aromatic rings. The molecule has 3 rings (SSSR count). The van der Waals surface area contributed by atoms with Gasteiger partial charge in [-0.3, -0.25) is 4.79 Å². The Morgan fingerprint density at radius 1 is 1.12 bits per heavy atom. The number of para-hydroxylation sites is 1. The fourth-order valence-electron chi connectivity index (χ4n) is 2.85. The Morgan fingerprint density at radius 2 is 1.75 bits per heavy atom. The molecule has 24 heavy (non-hydrogen) atoms. The predicted octanol–water partition coefficient (Wildman–Crippen LogP) is 3.04. The molecule has 1 amide bonds. The van der Waals surface area contributed by atoms with E-state index < -0.39 is 5.54 Å². The first-order valence-corrected chi connectivity index (χ1v) is 8.32. The molecule has 1 aliphatic rings. The summed E-state index contributed by atoms with van der Waals surface area (Å²) in [5.74, 6) is -0.134. The van der Waals surface area contributed by atoms with E-state index in [1.165, 1.54) is 0 Å². The number of carbonyl (C=O) groups is 1. The van der Waals surface area contributed by atoms with Crippen LogP contribution in [-0.2, 0) is 4.74 Å². The SMILES string of the molecule is CN(C(=S)C1(NC(=O)c2ccccc2)CCOC1)c1ccccc1. The second-order valence-electron chi connectivity index (χ2n) is 5.90. The Labute approximate surface area is 147 Å². The summed E-state index contributed by atoms with van der Waals surface area (Å²) in [5, 5.41) is 3.11. The highest BCUT2D eigenvalue weighted by Gasteiger charge is 2.42. The molecule has 0 saturated carbocycles. The zero-order valence-electron chi connectivity index (χ0n) is 13.6. The van der Waals surface area contributed by atoms with Crippen molar-refractivity contribution in [2.75, 3.05) is 25.2 Å². The summed E-state index contributed by atoms with van der Waals surface area (Å²) in [6.45, 7) is 0.972. The van der Waals surface area contributed by atoms with E-state index in [1.54, 1.807) is 12.1 Å². The lowest BCUT2D eigenvalue weighted by Gasteiger charge is -2.35. The molecule has 124 valence electrons. The molecule has 1 fully saturated rings. The van der Waals surface area contributed by atoms with E-state index in [-0.39, 0.29) is 5.91 Å². The van der Waals surface area contributed by atoms with E-state index in [0.717, 1.165) is 5.69 Å². The van der Waals surface area contributed by atoms with Crippen molar-refractivity contribution in [1.29, 1.82) is 0 Å². The van der Waals surface area contributed by atoms with Crippen LogP contribution in [-0.4, -0.2) is 36.7 Å². The summed E-state index contributed by atoms with van der Waals surface area (Å²) in [5.41, 5.74) is 0.948. The molecule has 0 spiro atoms. The number of anilines is 1. The first kappa shape index (κ1) is 16.6. The van der Waals surface area contributed by atoms with Crippen LogP contribution in [0.2, 0.25) is 0 Å². The highest BCUT2D eigenvalue weighted by molar-refractivity contribution is 7.80. The van der Waals surface area contributed by atoms with Gasteiger partial charge in [0.05, 0.1) is 6.61 Å². The molecule has 5 heteroatoms. The minimum Gasteiger partial charge on any atom is -0.378 e. The third-order valence-electron chi connectivity index (χ3n) is 4.27. The van der Waals surface area contributed by atoms with Crippen molar-refractivity contribution in [3.63, 3.8) is 0 Å². The Bertz CT molecular complexity index is 713. The summed E-state index contributed by atoms with van der Waals surface area (Å²) < 4.78 is 5.58. The monoisotopic (exact) mass is 340 g/mol. The van der Waals surface area contributed by atoms with Crippen molar-refractivity contribution < 1.29 is 9.53 Å². The largest absolute Gasteiger partial charge is 0.378 e. The van der Waals surface area contributed by atoms with Crippen LogP contribution in [0.1, 0.15) is 16.8 Å². The zero-order valence-corrected chi connectivity index (χ0v) is 14.4. The average Bonchev–Trinajstić information content (AvgIpc) is 3.11. The maximum absolute atomic E-state index is 12.6. The van der Waals surface area contributed by atoms with Gasteiger partial charge in [0.15, 0.2) is 0 Å². The van der Waals surface area contributed by atoms with Gasteiger partial charge in [0, 0.05) is 31.3 Å². The summed E-state index contributed by atoms with van der Waals surface area (Å²) in [4.78, 5) is 15.2. The number of nitrogens with one attached hydrogen (secondary N) is 1. The summed E-state index contributed by atoms with van der Waals surface area (Å²) in [7, 11) is 1.92. The van der Waals surface area contributed by atoms with Gasteiger partial charge < -0.3 is 15.0 Å². The first-order valence-electron chi connectivity index (χ1n) is 7.91. The van der Waals surface area contributed by atoms with E-state index in [1.807, 2.05) is 60.5 Å². The molecular formula is C19H20N2O2S. The third-order valence-corrected chi connectivity index (χ3v) is 4.93. The molecule has 1 atom stereocenters. The van der Waals surface area contributed by atoms with Gasteiger partial charge in [0.2, 0.25) is 0 Å². The number of nitrogens with zero attached hydrogens (tertiary/aromatic N) is 1. The van der Waals surface area contributed by atoms with Crippen LogP contribution in [0.15, 0.2) is 60.7 Å². The van der Waals surface area contributed by atoms with E-state index in [9.17, 15) is 4.79 Å². The van der Waals surface area contributed by atoms with Gasteiger partial charge in [-0.15, -0.1) is 0 Å². The molecule has 1 heterocycles. The molecule has 4 nitrogen and oxygen atoms in total. The van der Waals surface area contributed by atoms with Crippen molar-refractivity contribution in [3.05, 3.63) is 66.2 Å². The lowest BCUT2D eigenvalue weighted by Crippen LogP contribution is -2.59. The van der Waals surface area contributed by atoms with Crippen LogP contribution in [0.5, 0.6) is 0 Å². The third kappa shape index (κ3) is 3.32. The van der Waals surface area contributed by atoms with E-state index in [4.69, 9.17) is 17.0 Å². The maximum Gasteiger partial charge on any atom is 0.252 e. The molecule has 1 unspecified atom stereocenters.